The van der Waals surface area contributed by atoms with Crippen LogP contribution >= 0.6 is 0 Å². The molecule has 1 aromatic heterocycles. The van der Waals surface area contributed by atoms with Gasteiger partial charge >= 0.3 is 0 Å². The average Bonchev–Trinajstić information content (AvgIpc) is 2.77. The van der Waals surface area contributed by atoms with Crippen molar-refractivity contribution in [1.29, 1.82) is 0 Å². The fourth-order valence-electron chi connectivity index (χ4n) is 3.59. The highest BCUT2D eigenvalue weighted by atomic mass is 16.5. The Hall–Kier alpha value is -3.09. The van der Waals surface area contributed by atoms with E-state index in [1.807, 2.05) is 26.0 Å². The van der Waals surface area contributed by atoms with Crippen LogP contribution in [0.2, 0.25) is 0 Å². The Morgan fingerprint density at radius 1 is 1.07 bits per heavy atom. The summed E-state index contributed by atoms with van der Waals surface area (Å²) in [4.78, 5) is 33.3. The number of ether oxygens (including phenoxy) is 2. The molecule has 1 aromatic carbocycles. The number of hydrogen-bond acceptors (Lipinski definition) is 5. The summed E-state index contributed by atoms with van der Waals surface area (Å²) in [5.74, 6) is 1.06. The molecule has 0 saturated carbocycles. The molecule has 0 aliphatic carbocycles. The van der Waals surface area contributed by atoms with Gasteiger partial charge in [-0.25, -0.2) is 0 Å². The minimum atomic E-state index is -0.181. The molecule has 7 heteroatoms. The molecule has 0 saturated heterocycles. The van der Waals surface area contributed by atoms with Crippen molar-refractivity contribution in [1.82, 2.24) is 14.8 Å². The Morgan fingerprint density at radius 2 is 1.72 bits per heavy atom. The van der Waals surface area contributed by atoms with Crippen molar-refractivity contribution in [2.75, 3.05) is 33.9 Å². The number of fused-ring (bicyclic) bond motifs is 1. The Morgan fingerprint density at radius 3 is 2.34 bits per heavy atom. The summed E-state index contributed by atoms with van der Waals surface area (Å²) in [5.41, 5.74) is 2.94. The zero-order valence-electron chi connectivity index (χ0n) is 17.4. The third-order valence-corrected chi connectivity index (χ3v) is 5.28. The standard InChI is InChI=1S/C22H27N3O4/c1-5-24(6-2)21(26)16-7-9-23-18(11-16)22(27)25-10-8-15-12-19(28-3)20(29-4)13-17(15)14-25/h7,9,11-13H,5-6,8,10,14H2,1-4H3. The van der Waals surface area contributed by atoms with Crippen molar-refractivity contribution in [3.63, 3.8) is 0 Å². The number of benzene rings is 1. The molecule has 1 aliphatic rings. The number of nitrogens with zero attached hydrogens (tertiary/aromatic N) is 3. The third kappa shape index (κ3) is 4.18. The molecule has 154 valence electrons. The quantitative estimate of drug-likeness (QED) is 0.750. The summed E-state index contributed by atoms with van der Waals surface area (Å²) >= 11 is 0. The first-order valence-corrected chi connectivity index (χ1v) is 9.80. The van der Waals surface area contributed by atoms with Gasteiger partial charge < -0.3 is 19.3 Å². The maximum atomic E-state index is 13.1. The van der Waals surface area contributed by atoms with Crippen LogP contribution in [0.4, 0.5) is 0 Å². The lowest BCUT2D eigenvalue weighted by Gasteiger charge is -2.29. The Kier molecular flexibility index (Phi) is 6.36. The van der Waals surface area contributed by atoms with E-state index < -0.39 is 0 Å². The lowest BCUT2D eigenvalue weighted by atomic mass is 9.98. The monoisotopic (exact) mass is 397 g/mol. The van der Waals surface area contributed by atoms with E-state index >= 15 is 0 Å². The second-order valence-corrected chi connectivity index (χ2v) is 6.86. The van der Waals surface area contributed by atoms with Crippen LogP contribution in [0.1, 0.15) is 45.8 Å². The predicted molar refractivity (Wildman–Crippen MR) is 109 cm³/mol. The molecule has 0 spiro atoms. The van der Waals surface area contributed by atoms with Gasteiger partial charge in [0.2, 0.25) is 0 Å². The van der Waals surface area contributed by atoms with Gasteiger partial charge in [0.1, 0.15) is 5.69 Å². The van der Waals surface area contributed by atoms with Gasteiger partial charge in [0.15, 0.2) is 11.5 Å². The van der Waals surface area contributed by atoms with E-state index in [9.17, 15) is 9.59 Å². The van der Waals surface area contributed by atoms with Gasteiger partial charge in [-0.2, -0.15) is 0 Å². The molecule has 7 nitrogen and oxygen atoms in total. The fraction of sp³-hybridized carbons (Fsp3) is 0.409. The molecule has 3 rings (SSSR count). The van der Waals surface area contributed by atoms with Crippen molar-refractivity contribution in [2.24, 2.45) is 0 Å². The summed E-state index contributed by atoms with van der Waals surface area (Å²) in [6.07, 6.45) is 2.25. The van der Waals surface area contributed by atoms with Gasteiger partial charge in [0, 0.05) is 37.9 Å². The van der Waals surface area contributed by atoms with Crippen molar-refractivity contribution in [2.45, 2.75) is 26.8 Å². The molecule has 0 bridgehead atoms. The van der Waals surface area contributed by atoms with Crippen molar-refractivity contribution >= 4 is 11.8 Å². The summed E-state index contributed by atoms with van der Waals surface area (Å²) in [7, 11) is 3.21. The van der Waals surface area contributed by atoms with E-state index in [1.165, 1.54) is 6.20 Å². The second kappa shape index (κ2) is 8.94. The summed E-state index contributed by atoms with van der Waals surface area (Å²) in [5, 5.41) is 0. The van der Waals surface area contributed by atoms with Crippen LogP contribution in [0.5, 0.6) is 11.5 Å². The van der Waals surface area contributed by atoms with Gasteiger partial charge in [0.05, 0.1) is 14.2 Å². The molecular weight excluding hydrogens is 370 g/mol. The predicted octanol–water partition coefficient (Wildman–Crippen LogP) is 2.78. The number of carbonyl (C=O) groups excluding carboxylic acids is 2. The highest BCUT2D eigenvalue weighted by Crippen LogP contribution is 2.33. The van der Waals surface area contributed by atoms with Gasteiger partial charge in [-0.05, 0) is 55.7 Å². The molecule has 29 heavy (non-hydrogen) atoms. The van der Waals surface area contributed by atoms with Crippen LogP contribution in [0.25, 0.3) is 0 Å². The van der Waals surface area contributed by atoms with Crippen molar-refractivity contribution < 1.29 is 19.1 Å². The molecule has 0 N–H and O–H groups in total. The second-order valence-electron chi connectivity index (χ2n) is 6.86. The van der Waals surface area contributed by atoms with Crippen LogP contribution in [-0.2, 0) is 13.0 Å². The number of amides is 2. The lowest BCUT2D eigenvalue weighted by Crippen LogP contribution is -2.36. The zero-order valence-corrected chi connectivity index (χ0v) is 17.4. The highest BCUT2D eigenvalue weighted by Gasteiger charge is 2.25. The molecular formula is C22H27N3O4. The Labute approximate surface area is 171 Å². The molecule has 2 heterocycles. The number of methoxy groups -OCH3 is 2. The first-order valence-electron chi connectivity index (χ1n) is 9.80. The molecule has 0 atom stereocenters. The van der Waals surface area contributed by atoms with Crippen LogP contribution in [-0.4, -0.2) is 60.5 Å². The minimum Gasteiger partial charge on any atom is -0.493 e. The maximum Gasteiger partial charge on any atom is 0.272 e. The Balaban J connectivity index is 1.82. The smallest absolute Gasteiger partial charge is 0.272 e. The number of aromatic nitrogens is 1. The van der Waals surface area contributed by atoms with E-state index in [0.717, 1.165) is 17.5 Å². The third-order valence-electron chi connectivity index (χ3n) is 5.28. The highest BCUT2D eigenvalue weighted by molar-refractivity contribution is 5.98. The molecule has 2 amide bonds. The van der Waals surface area contributed by atoms with E-state index in [4.69, 9.17) is 9.47 Å². The normalized spacial score (nSPS) is 12.9. The molecule has 0 unspecified atom stereocenters. The molecule has 0 radical (unpaired) electrons. The van der Waals surface area contributed by atoms with Crippen LogP contribution in [0, 0.1) is 0 Å². The average molecular weight is 397 g/mol. The van der Waals surface area contributed by atoms with E-state index in [2.05, 4.69) is 4.98 Å². The molecule has 2 aromatic rings. The van der Waals surface area contributed by atoms with Gasteiger partial charge in [-0.1, -0.05) is 0 Å². The number of pyridine rings is 1. The first-order chi connectivity index (χ1) is 14.0. The fourth-order valence-corrected chi connectivity index (χ4v) is 3.59. The number of rotatable bonds is 6. The van der Waals surface area contributed by atoms with Gasteiger partial charge in [-0.3, -0.25) is 14.6 Å². The van der Waals surface area contributed by atoms with E-state index in [-0.39, 0.29) is 17.5 Å². The lowest BCUT2D eigenvalue weighted by molar-refractivity contribution is 0.0728. The molecule has 0 fully saturated rings. The SMILES string of the molecule is CCN(CC)C(=O)c1ccnc(C(=O)N2CCc3cc(OC)c(OC)cc3C2)c1. The number of carbonyl (C=O) groups is 2. The van der Waals surface area contributed by atoms with Crippen LogP contribution < -0.4 is 9.47 Å². The van der Waals surface area contributed by atoms with Gasteiger partial charge in [-0.15, -0.1) is 0 Å². The van der Waals surface area contributed by atoms with E-state index in [1.54, 1.807) is 36.2 Å². The summed E-state index contributed by atoms with van der Waals surface area (Å²) in [6, 6.07) is 7.13. The minimum absolute atomic E-state index is 0.0905. The zero-order chi connectivity index (χ0) is 21.0. The van der Waals surface area contributed by atoms with Gasteiger partial charge in [0.25, 0.3) is 11.8 Å². The van der Waals surface area contributed by atoms with Crippen molar-refractivity contribution in [3.8, 4) is 11.5 Å². The van der Waals surface area contributed by atoms with Crippen molar-refractivity contribution in [3.05, 3.63) is 52.8 Å². The Bertz CT molecular complexity index is 909. The maximum absolute atomic E-state index is 13.1. The number of hydrogen-bond donors (Lipinski definition) is 0. The summed E-state index contributed by atoms with van der Waals surface area (Å²) in [6.45, 7) is 6.15. The topological polar surface area (TPSA) is 72.0 Å². The first kappa shape index (κ1) is 20.6. The van der Waals surface area contributed by atoms with E-state index in [0.29, 0.717) is 43.2 Å². The van der Waals surface area contributed by atoms with Crippen LogP contribution in [0.3, 0.4) is 0 Å². The summed E-state index contributed by atoms with van der Waals surface area (Å²) < 4.78 is 10.8. The van der Waals surface area contributed by atoms with Crippen LogP contribution in [0.15, 0.2) is 30.5 Å². The molecule has 1 aliphatic heterocycles. The largest absolute Gasteiger partial charge is 0.493 e.